The monoisotopic (exact) mass is 397 g/mol. The molecule has 2 heterocycles. The van der Waals surface area contributed by atoms with Crippen molar-refractivity contribution in [3.63, 3.8) is 0 Å². The van der Waals surface area contributed by atoms with Gasteiger partial charge in [0.2, 0.25) is 0 Å². The molecule has 1 atom stereocenters. The maximum atomic E-state index is 12.4. The zero-order chi connectivity index (χ0) is 19.9. The van der Waals surface area contributed by atoms with Crippen LogP contribution in [0.4, 0.5) is 0 Å². The molecular formula is C21H23N3O3S. The summed E-state index contributed by atoms with van der Waals surface area (Å²) in [7, 11) is 0. The minimum atomic E-state index is -0.607. The third kappa shape index (κ3) is 5.07. The van der Waals surface area contributed by atoms with Gasteiger partial charge in [-0.2, -0.15) is 0 Å². The van der Waals surface area contributed by atoms with Crippen LogP contribution in [0.3, 0.4) is 0 Å². The molecule has 0 radical (unpaired) electrons. The highest BCUT2D eigenvalue weighted by molar-refractivity contribution is 7.15. The molecule has 1 aromatic carbocycles. The number of amides is 1. The Kier molecular flexibility index (Phi) is 6.60. The number of ether oxygens (including phenoxy) is 2. The second-order valence-corrected chi connectivity index (χ2v) is 7.24. The Balaban J connectivity index is 1.55. The third-order valence-corrected chi connectivity index (χ3v) is 5.25. The molecule has 28 heavy (non-hydrogen) atoms. The van der Waals surface area contributed by atoms with Crippen molar-refractivity contribution in [1.82, 2.24) is 15.3 Å². The van der Waals surface area contributed by atoms with Crippen LogP contribution in [0, 0.1) is 6.92 Å². The molecule has 146 valence electrons. The van der Waals surface area contributed by atoms with Crippen molar-refractivity contribution < 1.29 is 14.3 Å². The number of pyridine rings is 1. The van der Waals surface area contributed by atoms with Crippen molar-refractivity contribution in [2.75, 3.05) is 6.61 Å². The standard InChI is InChI=1S/C21H23N3O3S/c1-4-26-17-7-9-18(10-8-17)27-15(3)20(25)23-13-19-14(2)24-21(28-19)16-6-5-11-22-12-16/h5-12,15H,4,13H2,1-3H3,(H,23,25). The van der Waals surface area contributed by atoms with Crippen molar-refractivity contribution in [3.05, 3.63) is 59.4 Å². The molecule has 0 aliphatic heterocycles. The Morgan fingerprint density at radius 1 is 1.21 bits per heavy atom. The van der Waals surface area contributed by atoms with Crippen LogP contribution in [-0.2, 0) is 11.3 Å². The molecule has 0 bridgehead atoms. The third-order valence-electron chi connectivity index (χ3n) is 4.04. The van der Waals surface area contributed by atoms with E-state index < -0.39 is 6.10 Å². The van der Waals surface area contributed by atoms with E-state index in [0.717, 1.165) is 26.9 Å². The Labute approximate surface area is 168 Å². The van der Waals surface area contributed by atoms with Gasteiger partial charge in [0.05, 0.1) is 18.8 Å². The first kappa shape index (κ1) is 19.8. The normalized spacial score (nSPS) is 11.7. The lowest BCUT2D eigenvalue weighted by molar-refractivity contribution is -0.127. The first-order valence-electron chi connectivity index (χ1n) is 9.10. The first-order valence-corrected chi connectivity index (χ1v) is 9.92. The number of hydrogen-bond acceptors (Lipinski definition) is 6. The molecule has 7 heteroatoms. The minimum Gasteiger partial charge on any atom is -0.494 e. The molecule has 3 aromatic rings. The Bertz CT molecular complexity index is 910. The van der Waals surface area contributed by atoms with Crippen LogP contribution in [-0.4, -0.2) is 28.6 Å². The fourth-order valence-electron chi connectivity index (χ4n) is 2.55. The van der Waals surface area contributed by atoms with Crippen LogP contribution in [0.5, 0.6) is 11.5 Å². The van der Waals surface area contributed by atoms with E-state index in [1.807, 2.05) is 38.1 Å². The summed E-state index contributed by atoms with van der Waals surface area (Å²) in [6, 6.07) is 11.1. The summed E-state index contributed by atoms with van der Waals surface area (Å²) >= 11 is 1.56. The predicted octanol–water partition coefficient (Wildman–Crippen LogP) is 4.00. The molecule has 0 fully saturated rings. The van der Waals surface area contributed by atoms with Crippen LogP contribution in [0.25, 0.3) is 10.6 Å². The van der Waals surface area contributed by atoms with Gasteiger partial charge in [-0.25, -0.2) is 4.98 Å². The molecular weight excluding hydrogens is 374 g/mol. The van der Waals surface area contributed by atoms with Crippen molar-refractivity contribution in [2.24, 2.45) is 0 Å². The van der Waals surface area contributed by atoms with Crippen molar-refractivity contribution >= 4 is 17.2 Å². The average Bonchev–Trinajstić information content (AvgIpc) is 3.09. The van der Waals surface area contributed by atoms with Crippen molar-refractivity contribution in [1.29, 1.82) is 0 Å². The predicted molar refractivity (Wildman–Crippen MR) is 110 cm³/mol. The number of nitrogens with zero attached hydrogens (tertiary/aromatic N) is 2. The Hall–Kier alpha value is -2.93. The number of aryl methyl sites for hydroxylation is 1. The SMILES string of the molecule is CCOc1ccc(OC(C)C(=O)NCc2sc(-c3cccnc3)nc2C)cc1. The smallest absolute Gasteiger partial charge is 0.261 e. The Morgan fingerprint density at radius 2 is 1.96 bits per heavy atom. The number of carbonyl (C=O) groups excluding carboxylic acids is 1. The molecule has 0 saturated heterocycles. The van der Waals surface area contributed by atoms with Gasteiger partial charge in [-0.15, -0.1) is 11.3 Å². The number of hydrogen-bond donors (Lipinski definition) is 1. The zero-order valence-electron chi connectivity index (χ0n) is 16.1. The molecule has 1 unspecified atom stereocenters. The fraction of sp³-hybridized carbons (Fsp3) is 0.286. The summed E-state index contributed by atoms with van der Waals surface area (Å²) in [5, 5.41) is 3.82. The number of carbonyl (C=O) groups is 1. The van der Waals surface area contributed by atoms with Gasteiger partial charge in [-0.3, -0.25) is 9.78 Å². The van der Waals surface area contributed by atoms with Crippen LogP contribution in [0.2, 0.25) is 0 Å². The molecule has 6 nitrogen and oxygen atoms in total. The highest BCUT2D eigenvalue weighted by Crippen LogP contribution is 2.27. The fourth-order valence-corrected chi connectivity index (χ4v) is 3.55. The van der Waals surface area contributed by atoms with Crippen molar-refractivity contribution in [2.45, 2.75) is 33.4 Å². The highest BCUT2D eigenvalue weighted by Gasteiger charge is 2.16. The van der Waals surface area contributed by atoms with E-state index in [0.29, 0.717) is 18.9 Å². The van der Waals surface area contributed by atoms with Crippen molar-refractivity contribution in [3.8, 4) is 22.1 Å². The van der Waals surface area contributed by atoms with Crippen LogP contribution in [0.15, 0.2) is 48.8 Å². The number of rotatable bonds is 8. The van der Waals surface area contributed by atoms with E-state index in [2.05, 4.69) is 15.3 Å². The topological polar surface area (TPSA) is 73.3 Å². The first-order chi connectivity index (χ1) is 13.6. The van der Waals surface area contributed by atoms with E-state index in [-0.39, 0.29) is 5.91 Å². The van der Waals surface area contributed by atoms with Gasteiger partial charge >= 0.3 is 0 Å². The summed E-state index contributed by atoms with van der Waals surface area (Å²) in [5.74, 6) is 1.22. The number of aromatic nitrogens is 2. The van der Waals surface area contributed by atoms with E-state index in [1.54, 1.807) is 42.8 Å². The van der Waals surface area contributed by atoms with E-state index in [4.69, 9.17) is 9.47 Å². The van der Waals surface area contributed by atoms with E-state index in [9.17, 15) is 4.79 Å². The molecule has 0 aliphatic carbocycles. The van der Waals surface area contributed by atoms with Gasteiger partial charge in [0.25, 0.3) is 5.91 Å². The van der Waals surface area contributed by atoms with Crippen LogP contribution >= 0.6 is 11.3 Å². The molecule has 3 rings (SSSR count). The maximum absolute atomic E-state index is 12.4. The van der Waals surface area contributed by atoms with E-state index >= 15 is 0 Å². The molecule has 0 spiro atoms. The summed E-state index contributed by atoms with van der Waals surface area (Å²) in [6.07, 6.45) is 2.91. The molecule has 0 saturated carbocycles. The lowest BCUT2D eigenvalue weighted by atomic mass is 10.3. The molecule has 0 aliphatic rings. The minimum absolute atomic E-state index is 0.176. The molecule has 2 aromatic heterocycles. The average molecular weight is 398 g/mol. The lowest BCUT2D eigenvalue weighted by Crippen LogP contribution is -2.35. The van der Waals surface area contributed by atoms with Crippen LogP contribution in [0.1, 0.15) is 24.4 Å². The van der Waals surface area contributed by atoms with Gasteiger partial charge in [-0.05, 0) is 57.2 Å². The van der Waals surface area contributed by atoms with Gasteiger partial charge in [-0.1, -0.05) is 0 Å². The second-order valence-electron chi connectivity index (χ2n) is 6.15. The summed E-state index contributed by atoms with van der Waals surface area (Å²) in [4.78, 5) is 22.1. The lowest BCUT2D eigenvalue weighted by Gasteiger charge is -2.15. The Morgan fingerprint density at radius 3 is 2.64 bits per heavy atom. The molecule has 1 N–H and O–H groups in total. The quantitative estimate of drug-likeness (QED) is 0.622. The maximum Gasteiger partial charge on any atom is 0.261 e. The van der Waals surface area contributed by atoms with Gasteiger partial charge in [0.1, 0.15) is 16.5 Å². The largest absolute Gasteiger partial charge is 0.494 e. The summed E-state index contributed by atoms with van der Waals surface area (Å²) < 4.78 is 11.1. The van der Waals surface area contributed by atoms with E-state index in [1.165, 1.54) is 0 Å². The molecule has 1 amide bonds. The highest BCUT2D eigenvalue weighted by atomic mass is 32.1. The van der Waals surface area contributed by atoms with Crippen LogP contribution < -0.4 is 14.8 Å². The van der Waals surface area contributed by atoms with Gasteiger partial charge < -0.3 is 14.8 Å². The summed E-state index contributed by atoms with van der Waals surface area (Å²) in [6.45, 7) is 6.63. The number of thiazole rings is 1. The zero-order valence-corrected chi connectivity index (χ0v) is 17.0. The number of benzene rings is 1. The second kappa shape index (κ2) is 9.32. The van der Waals surface area contributed by atoms with Gasteiger partial charge in [0.15, 0.2) is 6.10 Å². The summed E-state index contributed by atoms with van der Waals surface area (Å²) in [5.41, 5.74) is 1.88. The number of nitrogens with one attached hydrogen (secondary N) is 1. The van der Waals surface area contributed by atoms with Gasteiger partial charge in [0, 0.05) is 22.8 Å².